The fourth-order valence-corrected chi connectivity index (χ4v) is 3.59. The van der Waals surface area contributed by atoms with Crippen LogP contribution in [0.1, 0.15) is 33.1 Å². The molecule has 2 aliphatic rings. The van der Waals surface area contributed by atoms with E-state index in [1.54, 1.807) is 0 Å². The molecule has 0 aliphatic heterocycles. The molecule has 2 bridgehead atoms. The summed E-state index contributed by atoms with van der Waals surface area (Å²) in [4.78, 5) is 12.2. The van der Waals surface area contributed by atoms with Gasteiger partial charge in [0.2, 0.25) is 5.91 Å². The smallest absolute Gasteiger partial charge is 0.228 e. The Balaban J connectivity index is 2.17. The molecule has 92 valence electrons. The van der Waals surface area contributed by atoms with Crippen molar-refractivity contribution in [2.24, 2.45) is 22.5 Å². The van der Waals surface area contributed by atoms with Crippen LogP contribution in [0.25, 0.3) is 0 Å². The highest BCUT2D eigenvalue weighted by molar-refractivity contribution is 5.84. The molecule has 0 heterocycles. The van der Waals surface area contributed by atoms with E-state index in [2.05, 4.69) is 19.2 Å². The predicted molar refractivity (Wildman–Crippen MR) is 61.6 cm³/mol. The molecular weight excluding hydrogens is 204 g/mol. The molecule has 1 amide bonds. The Bertz CT molecular complexity index is 303. The zero-order valence-electron chi connectivity index (χ0n) is 10.1. The van der Waals surface area contributed by atoms with Gasteiger partial charge in [-0.1, -0.05) is 13.8 Å². The molecule has 16 heavy (non-hydrogen) atoms. The lowest BCUT2D eigenvalue weighted by molar-refractivity contribution is -0.140. The van der Waals surface area contributed by atoms with Crippen molar-refractivity contribution in [3.8, 4) is 0 Å². The van der Waals surface area contributed by atoms with Gasteiger partial charge in [0.1, 0.15) is 0 Å². The Hall–Kier alpha value is -0.610. The molecule has 4 N–H and O–H groups in total. The molecule has 2 rings (SSSR count). The fourth-order valence-electron chi connectivity index (χ4n) is 3.59. The summed E-state index contributed by atoms with van der Waals surface area (Å²) in [6.45, 7) is 5.09. The fraction of sp³-hybridized carbons (Fsp3) is 0.917. The van der Waals surface area contributed by atoms with E-state index < -0.39 is 11.5 Å². The summed E-state index contributed by atoms with van der Waals surface area (Å²) in [5.74, 6) is 0.477. The molecule has 0 radical (unpaired) electrons. The van der Waals surface area contributed by atoms with Gasteiger partial charge in [-0.25, -0.2) is 0 Å². The molecule has 4 heteroatoms. The number of carbonyl (C=O) groups is 1. The van der Waals surface area contributed by atoms with Gasteiger partial charge in [-0.3, -0.25) is 4.79 Å². The Labute approximate surface area is 96.6 Å². The maximum atomic E-state index is 12.2. The van der Waals surface area contributed by atoms with E-state index in [9.17, 15) is 9.90 Å². The third kappa shape index (κ3) is 1.39. The topological polar surface area (TPSA) is 75.4 Å². The van der Waals surface area contributed by atoms with Gasteiger partial charge in [-0.15, -0.1) is 0 Å². The summed E-state index contributed by atoms with van der Waals surface area (Å²) in [6, 6.07) is 0. The van der Waals surface area contributed by atoms with Gasteiger partial charge in [-0.05, 0) is 30.6 Å². The van der Waals surface area contributed by atoms with E-state index in [1.165, 1.54) is 0 Å². The quantitative estimate of drug-likeness (QED) is 0.645. The Kier molecular flexibility index (Phi) is 2.75. The minimum absolute atomic E-state index is 0.00137. The molecule has 2 saturated carbocycles. The molecular formula is C12H22N2O2. The maximum absolute atomic E-state index is 12.2. The van der Waals surface area contributed by atoms with E-state index >= 15 is 0 Å². The summed E-state index contributed by atoms with van der Waals surface area (Å²) in [6.07, 6.45) is 2.19. The van der Waals surface area contributed by atoms with Crippen molar-refractivity contribution in [3.05, 3.63) is 0 Å². The van der Waals surface area contributed by atoms with E-state index in [-0.39, 0.29) is 11.3 Å². The van der Waals surface area contributed by atoms with Crippen LogP contribution in [0.2, 0.25) is 0 Å². The molecule has 0 spiro atoms. The number of nitrogens with one attached hydrogen (secondary N) is 1. The number of hydrogen-bond donors (Lipinski definition) is 3. The minimum atomic E-state index is -0.538. The van der Waals surface area contributed by atoms with Crippen molar-refractivity contribution in [1.82, 2.24) is 5.32 Å². The van der Waals surface area contributed by atoms with E-state index in [0.29, 0.717) is 19.0 Å². The Morgan fingerprint density at radius 1 is 1.56 bits per heavy atom. The minimum Gasteiger partial charge on any atom is -0.391 e. The van der Waals surface area contributed by atoms with Crippen molar-refractivity contribution < 1.29 is 9.90 Å². The highest BCUT2D eigenvalue weighted by Crippen LogP contribution is 2.62. The lowest BCUT2D eigenvalue weighted by Gasteiger charge is -2.39. The lowest BCUT2D eigenvalue weighted by atomic mass is 9.69. The first-order chi connectivity index (χ1) is 7.45. The second kappa shape index (κ2) is 3.70. The van der Waals surface area contributed by atoms with Crippen LogP contribution in [-0.4, -0.2) is 30.2 Å². The Morgan fingerprint density at radius 3 is 2.75 bits per heavy atom. The van der Waals surface area contributed by atoms with Crippen LogP contribution in [0, 0.1) is 16.7 Å². The SMILES string of the molecule is CC1(C)C2CCC(C(=O)NCCN)(C2)C1O. The zero-order valence-corrected chi connectivity index (χ0v) is 10.1. The molecule has 0 aromatic rings. The van der Waals surface area contributed by atoms with Crippen LogP contribution in [-0.2, 0) is 4.79 Å². The molecule has 4 nitrogen and oxygen atoms in total. The standard InChI is InChI=1S/C12H22N2O2/c1-11(2)8-3-4-12(7-8,9(11)15)10(16)14-6-5-13/h8-9,15H,3-7,13H2,1-2H3,(H,14,16). The number of hydrogen-bond acceptors (Lipinski definition) is 3. The molecule has 2 fully saturated rings. The van der Waals surface area contributed by atoms with Crippen LogP contribution >= 0.6 is 0 Å². The molecule has 3 atom stereocenters. The van der Waals surface area contributed by atoms with Crippen LogP contribution in [0.3, 0.4) is 0 Å². The van der Waals surface area contributed by atoms with Gasteiger partial charge < -0.3 is 16.2 Å². The predicted octanol–water partition coefficient (Wildman–Crippen LogP) is 0.249. The number of aliphatic hydroxyl groups is 1. The number of nitrogens with two attached hydrogens (primary N) is 1. The molecule has 0 saturated heterocycles. The summed E-state index contributed by atoms with van der Waals surface area (Å²) in [7, 11) is 0. The summed E-state index contributed by atoms with van der Waals surface area (Å²) >= 11 is 0. The summed E-state index contributed by atoms with van der Waals surface area (Å²) < 4.78 is 0. The monoisotopic (exact) mass is 226 g/mol. The average molecular weight is 226 g/mol. The molecule has 0 aromatic carbocycles. The molecule has 2 aliphatic carbocycles. The van der Waals surface area contributed by atoms with Gasteiger partial charge in [0, 0.05) is 13.1 Å². The second-order valence-corrected chi connectivity index (χ2v) is 5.86. The van der Waals surface area contributed by atoms with E-state index in [0.717, 1.165) is 19.3 Å². The molecule has 0 aromatic heterocycles. The zero-order chi connectivity index (χ0) is 12.0. The lowest BCUT2D eigenvalue weighted by Crippen LogP contribution is -2.50. The van der Waals surface area contributed by atoms with Crippen molar-refractivity contribution >= 4 is 5.91 Å². The van der Waals surface area contributed by atoms with Crippen LogP contribution in [0.15, 0.2) is 0 Å². The van der Waals surface area contributed by atoms with Gasteiger partial charge in [-0.2, -0.15) is 0 Å². The first-order valence-corrected chi connectivity index (χ1v) is 6.11. The third-order valence-electron chi connectivity index (χ3n) is 4.71. The average Bonchev–Trinajstić information content (AvgIpc) is 2.76. The van der Waals surface area contributed by atoms with Gasteiger partial charge in [0.15, 0.2) is 0 Å². The van der Waals surface area contributed by atoms with Gasteiger partial charge in [0.05, 0.1) is 11.5 Å². The van der Waals surface area contributed by atoms with Crippen LogP contribution in [0.4, 0.5) is 0 Å². The number of carbonyl (C=O) groups excluding carboxylic acids is 1. The summed E-state index contributed by atoms with van der Waals surface area (Å²) in [5, 5.41) is 13.2. The number of aliphatic hydroxyl groups excluding tert-OH is 1. The maximum Gasteiger partial charge on any atom is 0.228 e. The van der Waals surface area contributed by atoms with Crippen LogP contribution < -0.4 is 11.1 Å². The van der Waals surface area contributed by atoms with Gasteiger partial charge in [0.25, 0.3) is 0 Å². The van der Waals surface area contributed by atoms with E-state index in [1.807, 2.05) is 0 Å². The van der Waals surface area contributed by atoms with Crippen molar-refractivity contribution in [1.29, 1.82) is 0 Å². The molecule has 3 unspecified atom stereocenters. The van der Waals surface area contributed by atoms with Crippen molar-refractivity contribution in [3.63, 3.8) is 0 Å². The Morgan fingerprint density at radius 2 is 2.25 bits per heavy atom. The number of fused-ring (bicyclic) bond motifs is 2. The van der Waals surface area contributed by atoms with E-state index in [4.69, 9.17) is 5.73 Å². The van der Waals surface area contributed by atoms with Crippen molar-refractivity contribution in [2.75, 3.05) is 13.1 Å². The first-order valence-electron chi connectivity index (χ1n) is 6.11. The third-order valence-corrected chi connectivity index (χ3v) is 4.71. The van der Waals surface area contributed by atoms with Crippen LogP contribution in [0.5, 0.6) is 0 Å². The largest absolute Gasteiger partial charge is 0.391 e. The van der Waals surface area contributed by atoms with Crippen molar-refractivity contribution in [2.45, 2.75) is 39.2 Å². The second-order valence-electron chi connectivity index (χ2n) is 5.86. The number of rotatable bonds is 3. The highest BCUT2D eigenvalue weighted by atomic mass is 16.3. The summed E-state index contributed by atoms with van der Waals surface area (Å²) in [5.41, 5.74) is 4.72. The number of amides is 1. The first kappa shape index (κ1) is 11.9. The normalized spacial score (nSPS) is 40.0. The van der Waals surface area contributed by atoms with Gasteiger partial charge >= 0.3 is 0 Å². The highest BCUT2D eigenvalue weighted by Gasteiger charge is 2.64.